The fourth-order valence-electron chi connectivity index (χ4n) is 0.914. The Morgan fingerprint density at radius 3 is 3.09 bits per heavy atom. The van der Waals surface area contributed by atoms with Crippen molar-refractivity contribution in [3.63, 3.8) is 0 Å². The van der Waals surface area contributed by atoms with Crippen molar-refractivity contribution in [1.82, 2.24) is 15.0 Å². The Morgan fingerprint density at radius 1 is 1.36 bits per heavy atom. The maximum Gasteiger partial charge on any atom is 0.155 e. The van der Waals surface area contributed by atoms with Crippen LogP contribution in [-0.2, 0) is 0 Å². The van der Waals surface area contributed by atoms with E-state index in [-0.39, 0.29) is 0 Å². The van der Waals surface area contributed by atoms with Gasteiger partial charge in [-0.1, -0.05) is 12.2 Å². The highest BCUT2D eigenvalue weighted by atomic mass is 32.1. The van der Waals surface area contributed by atoms with E-state index in [0.717, 1.165) is 11.0 Å². The number of H-pyrrole nitrogens is 1. The molecule has 2 heterocycles. The topological polar surface area (TPSA) is 41.6 Å². The Kier molecular flexibility index (Phi) is 1.40. The van der Waals surface area contributed by atoms with Gasteiger partial charge in [-0.3, -0.25) is 4.98 Å². The Bertz CT molecular complexity index is 429. The lowest BCUT2D eigenvalue weighted by Crippen LogP contribution is -1.84. The lowest BCUT2D eigenvalue weighted by Gasteiger charge is -1.92. The molecule has 0 saturated heterocycles. The fraction of sp³-hybridized carbons (Fsp3) is 0. The third kappa shape index (κ3) is 1.01. The maximum absolute atomic E-state index is 4.96. The molecule has 0 aliphatic heterocycles. The van der Waals surface area contributed by atoms with Crippen LogP contribution in [0.3, 0.4) is 0 Å². The zero-order chi connectivity index (χ0) is 7.68. The number of hydrogen-bond donors (Lipinski definition) is 1. The average Bonchev–Trinajstić information content (AvgIpc) is 2.06. The number of nitrogens with one attached hydrogen (secondary N) is 1. The molecule has 2 rings (SSSR count). The predicted octanol–water partition coefficient (Wildman–Crippen LogP) is 1.69. The summed E-state index contributed by atoms with van der Waals surface area (Å²) in [4.78, 5) is 10.9. The minimum atomic E-state index is 0.541. The number of pyridine rings is 1. The summed E-state index contributed by atoms with van der Waals surface area (Å²) >= 11 is 4.96. The van der Waals surface area contributed by atoms with Gasteiger partial charge in [-0.15, -0.1) is 0 Å². The van der Waals surface area contributed by atoms with Crippen molar-refractivity contribution < 1.29 is 0 Å². The molecule has 4 heteroatoms. The molecule has 1 N–H and O–H groups in total. The summed E-state index contributed by atoms with van der Waals surface area (Å²) in [6, 6.07) is 3.77. The monoisotopic (exact) mass is 163 g/mol. The zero-order valence-electron chi connectivity index (χ0n) is 5.61. The van der Waals surface area contributed by atoms with E-state index in [1.165, 1.54) is 0 Å². The van der Waals surface area contributed by atoms with E-state index in [0.29, 0.717) is 4.64 Å². The number of nitrogens with zero attached hydrogens (tertiary/aromatic N) is 2. The van der Waals surface area contributed by atoms with Crippen LogP contribution in [0.2, 0.25) is 0 Å². The number of hydrogen-bond acceptors (Lipinski definition) is 3. The van der Waals surface area contributed by atoms with Crippen LogP contribution in [-0.4, -0.2) is 15.0 Å². The molecular weight excluding hydrogens is 158 g/mol. The van der Waals surface area contributed by atoms with Gasteiger partial charge in [0.25, 0.3) is 0 Å². The number of aromatic amines is 1. The van der Waals surface area contributed by atoms with Crippen molar-refractivity contribution >= 4 is 23.3 Å². The molecule has 2 aromatic heterocycles. The van der Waals surface area contributed by atoms with Crippen molar-refractivity contribution in [2.75, 3.05) is 0 Å². The van der Waals surface area contributed by atoms with Crippen molar-refractivity contribution in [1.29, 1.82) is 0 Å². The second kappa shape index (κ2) is 2.39. The Labute approximate surface area is 68.1 Å². The van der Waals surface area contributed by atoms with Gasteiger partial charge in [0, 0.05) is 6.20 Å². The highest BCUT2D eigenvalue weighted by Crippen LogP contribution is 2.05. The van der Waals surface area contributed by atoms with Crippen molar-refractivity contribution in [3.8, 4) is 0 Å². The van der Waals surface area contributed by atoms with Gasteiger partial charge in [0.15, 0.2) is 4.64 Å². The summed E-state index contributed by atoms with van der Waals surface area (Å²) in [5.41, 5.74) is 1.68. The van der Waals surface area contributed by atoms with Crippen LogP contribution < -0.4 is 0 Å². The smallest absolute Gasteiger partial charge is 0.155 e. The van der Waals surface area contributed by atoms with Crippen molar-refractivity contribution in [3.05, 3.63) is 29.3 Å². The molecule has 11 heavy (non-hydrogen) atoms. The third-order valence-electron chi connectivity index (χ3n) is 1.41. The van der Waals surface area contributed by atoms with Gasteiger partial charge in [0.05, 0.1) is 11.8 Å². The molecule has 0 saturated carbocycles. The molecule has 0 aliphatic rings. The maximum atomic E-state index is 4.96. The Morgan fingerprint density at radius 2 is 2.27 bits per heavy atom. The van der Waals surface area contributed by atoms with E-state index in [9.17, 15) is 0 Å². The average molecular weight is 163 g/mol. The number of fused-ring (bicyclic) bond motifs is 1. The number of rotatable bonds is 0. The van der Waals surface area contributed by atoms with Crippen LogP contribution in [0.15, 0.2) is 24.7 Å². The molecule has 0 aromatic carbocycles. The Balaban J connectivity index is 3.03. The molecule has 3 nitrogen and oxygen atoms in total. The molecule has 0 bridgehead atoms. The van der Waals surface area contributed by atoms with E-state index in [1.54, 1.807) is 12.5 Å². The van der Waals surface area contributed by atoms with Gasteiger partial charge >= 0.3 is 0 Å². The van der Waals surface area contributed by atoms with Gasteiger partial charge in [0.2, 0.25) is 0 Å². The first-order valence-electron chi connectivity index (χ1n) is 3.16. The Hall–Kier alpha value is -1.29. The van der Waals surface area contributed by atoms with Gasteiger partial charge in [-0.25, -0.2) is 4.98 Å². The normalized spacial score (nSPS) is 10.2. The predicted molar refractivity (Wildman–Crippen MR) is 44.7 cm³/mol. The number of aromatic nitrogens is 3. The van der Waals surface area contributed by atoms with Gasteiger partial charge in [0.1, 0.15) is 5.52 Å². The van der Waals surface area contributed by atoms with E-state index in [1.807, 2.05) is 12.1 Å². The summed E-state index contributed by atoms with van der Waals surface area (Å²) in [6.45, 7) is 0. The second-order valence-electron chi connectivity index (χ2n) is 2.11. The van der Waals surface area contributed by atoms with E-state index in [2.05, 4.69) is 15.0 Å². The molecule has 54 valence electrons. The first-order chi connectivity index (χ1) is 5.38. The summed E-state index contributed by atoms with van der Waals surface area (Å²) in [7, 11) is 0. The highest BCUT2D eigenvalue weighted by Gasteiger charge is 1.92. The zero-order valence-corrected chi connectivity index (χ0v) is 6.43. The van der Waals surface area contributed by atoms with Crippen LogP contribution in [0.1, 0.15) is 0 Å². The van der Waals surface area contributed by atoms with Crippen LogP contribution >= 0.6 is 12.2 Å². The standard InChI is InChI=1S/C7H5N3S/c11-7-6-5(9-4-10-7)2-1-3-8-6/h1-4H,(H,9,10,11). The minimum absolute atomic E-state index is 0.541. The lowest BCUT2D eigenvalue weighted by molar-refractivity contribution is 1.18. The van der Waals surface area contributed by atoms with Gasteiger partial charge < -0.3 is 4.98 Å². The third-order valence-corrected chi connectivity index (χ3v) is 1.71. The molecule has 0 spiro atoms. The minimum Gasteiger partial charge on any atom is -0.344 e. The lowest BCUT2D eigenvalue weighted by atomic mass is 10.4. The molecule has 0 radical (unpaired) electrons. The fourth-order valence-corrected chi connectivity index (χ4v) is 1.13. The van der Waals surface area contributed by atoms with Crippen molar-refractivity contribution in [2.45, 2.75) is 0 Å². The van der Waals surface area contributed by atoms with Crippen LogP contribution in [0.4, 0.5) is 0 Å². The van der Waals surface area contributed by atoms with E-state index in [4.69, 9.17) is 12.2 Å². The summed E-state index contributed by atoms with van der Waals surface area (Å²) < 4.78 is 0.541. The van der Waals surface area contributed by atoms with Gasteiger partial charge in [-0.05, 0) is 12.1 Å². The SMILES string of the molecule is S=c1nc[nH]c2cccnc12. The van der Waals surface area contributed by atoms with Gasteiger partial charge in [-0.2, -0.15) is 0 Å². The van der Waals surface area contributed by atoms with Crippen LogP contribution in [0, 0.1) is 4.64 Å². The highest BCUT2D eigenvalue weighted by molar-refractivity contribution is 7.71. The quantitative estimate of drug-likeness (QED) is 0.601. The van der Waals surface area contributed by atoms with Crippen LogP contribution in [0.5, 0.6) is 0 Å². The first kappa shape index (κ1) is 6.42. The molecule has 0 unspecified atom stereocenters. The van der Waals surface area contributed by atoms with E-state index < -0.39 is 0 Å². The van der Waals surface area contributed by atoms with Crippen molar-refractivity contribution in [2.24, 2.45) is 0 Å². The summed E-state index contributed by atoms with van der Waals surface area (Å²) in [6.07, 6.45) is 3.28. The molecule has 0 aliphatic carbocycles. The molecule has 0 fully saturated rings. The molecule has 2 aromatic rings. The molecular formula is C7H5N3S. The first-order valence-corrected chi connectivity index (χ1v) is 3.57. The summed E-state index contributed by atoms with van der Waals surface area (Å²) in [5.74, 6) is 0. The molecule has 0 amide bonds. The molecule has 0 atom stereocenters. The summed E-state index contributed by atoms with van der Waals surface area (Å²) in [5, 5.41) is 0. The van der Waals surface area contributed by atoms with E-state index >= 15 is 0 Å². The largest absolute Gasteiger partial charge is 0.344 e. The van der Waals surface area contributed by atoms with Crippen LogP contribution in [0.25, 0.3) is 11.0 Å². The second-order valence-corrected chi connectivity index (χ2v) is 2.49.